The maximum Gasteiger partial charge on any atom is 0.206 e. The Bertz CT molecular complexity index is 189. The van der Waals surface area contributed by atoms with E-state index in [1.165, 1.54) is 0 Å². The van der Waals surface area contributed by atoms with Crippen molar-refractivity contribution in [3.8, 4) is 0 Å². The van der Waals surface area contributed by atoms with Crippen molar-refractivity contribution in [3.05, 3.63) is 0 Å². The quantitative estimate of drug-likeness (QED) is 0.615. The van der Waals surface area contributed by atoms with Crippen LogP contribution in [-0.4, -0.2) is 27.1 Å². The number of alkyl halides is 3. The van der Waals surface area contributed by atoms with Gasteiger partial charge in [-0.25, -0.2) is 0 Å². The van der Waals surface area contributed by atoms with Crippen LogP contribution in [0.2, 0.25) is 0 Å². The van der Waals surface area contributed by atoms with Crippen LogP contribution in [0.1, 0.15) is 12.8 Å². The minimum Gasteiger partial charge on any atom is -0.344 e. The van der Waals surface area contributed by atoms with E-state index in [9.17, 15) is 0 Å². The van der Waals surface area contributed by atoms with Crippen molar-refractivity contribution in [3.63, 3.8) is 0 Å². The maximum atomic E-state index is 5.67. The van der Waals surface area contributed by atoms with Crippen LogP contribution in [0.5, 0.6) is 0 Å². The molecule has 0 bridgehead atoms. The number of ether oxygens (including phenoxy) is 2. The Morgan fingerprint density at radius 3 is 2.17 bits per heavy atom. The molecule has 2 nitrogen and oxygen atoms in total. The number of hydrogen-bond acceptors (Lipinski definition) is 2. The van der Waals surface area contributed by atoms with Gasteiger partial charge in [0.15, 0.2) is 0 Å². The Morgan fingerprint density at radius 1 is 1.17 bits per heavy atom. The lowest BCUT2D eigenvalue weighted by Crippen LogP contribution is -2.47. The van der Waals surface area contributed by atoms with Crippen molar-refractivity contribution in [2.75, 3.05) is 13.2 Å². The molecule has 0 aromatic heterocycles. The van der Waals surface area contributed by atoms with E-state index in [-0.39, 0.29) is 8.06 Å². The highest BCUT2D eigenvalue weighted by molar-refractivity contribution is 9.25. The van der Waals surface area contributed by atoms with Gasteiger partial charge >= 0.3 is 0 Å². The van der Waals surface area contributed by atoms with Gasteiger partial charge in [-0.1, -0.05) is 47.8 Å². The Hall–Kier alpha value is 1.36. The molecule has 1 aliphatic heterocycles. The second kappa shape index (κ2) is 3.19. The summed E-state index contributed by atoms with van der Waals surface area (Å²) < 4.78 is 11.1. The fourth-order valence-corrected chi connectivity index (χ4v) is 4.69. The highest BCUT2D eigenvalue weighted by Crippen LogP contribution is 2.56. The monoisotopic (exact) mass is 362 g/mol. The van der Waals surface area contributed by atoms with E-state index in [0.717, 1.165) is 12.8 Å². The molecule has 1 atom stereocenters. The van der Waals surface area contributed by atoms with E-state index >= 15 is 0 Å². The first-order chi connectivity index (χ1) is 5.58. The first kappa shape index (κ1) is 9.90. The summed E-state index contributed by atoms with van der Waals surface area (Å²) in [4.78, 5) is 0.270. The van der Waals surface area contributed by atoms with Crippen LogP contribution in [0.3, 0.4) is 0 Å². The molecule has 2 fully saturated rings. The molecule has 0 aromatic rings. The van der Waals surface area contributed by atoms with Gasteiger partial charge in [-0.05, 0) is 12.8 Å². The molecular weight excluding hydrogens is 356 g/mol. The van der Waals surface area contributed by atoms with E-state index in [1.54, 1.807) is 0 Å². The predicted molar refractivity (Wildman–Crippen MR) is 57.2 cm³/mol. The van der Waals surface area contributed by atoms with Gasteiger partial charge in [-0.2, -0.15) is 0 Å². The van der Waals surface area contributed by atoms with Crippen molar-refractivity contribution < 1.29 is 9.47 Å². The number of rotatable bonds is 0. The molecule has 1 heterocycles. The van der Waals surface area contributed by atoms with Gasteiger partial charge in [0.2, 0.25) is 5.79 Å². The average molecular weight is 365 g/mol. The highest BCUT2D eigenvalue weighted by atomic mass is 79.9. The zero-order valence-corrected chi connectivity index (χ0v) is 11.1. The predicted octanol–water partition coefficient (Wildman–Crippen LogP) is 2.77. The summed E-state index contributed by atoms with van der Waals surface area (Å²) in [5.74, 6) is -0.507. The van der Waals surface area contributed by atoms with Crippen LogP contribution in [0.25, 0.3) is 0 Å². The van der Waals surface area contributed by atoms with E-state index in [1.807, 2.05) is 0 Å². The van der Waals surface area contributed by atoms with E-state index < -0.39 is 5.79 Å². The van der Waals surface area contributed by atoms with Gasteiger partial charge in [0, 0.05) is 0 Å². The van der Waals surface area contributed by atoms with Crippen LogP contribution >= 0.6 is 47.8 Å². The summed E-state index contributed by atoms with van der Waals surface area (Å²) in [6, 6.07) is 0. The number of hydrogen-bond donors (Lipinski definition) is 0. The smallest absolute Gasteiger partial charge is 0.206 e. The van der Waals surface area contributed by atoms with Crippen molar-refractivity contribution in [2.45, 2.75) is 26.7 Å². The average Bonchev–Trinajstić information content (AvgIpc) is 2.55. The van der Waals surface area contributed by atoms with Gasteiger partial charge < -0.3 is 9.47 Å². The molecule has 5 heteroatoms. The van der Waals surface area contributed by atoms with Crippen molar-refractivity contribution in [1.82, 2.24) is 0 Å². The van der Waals surface area contributed by atoms with Crippen LogP contribution in [0, 0.1) is 0 Å². The van der Waals surface area contributed by atoms with E-state index in [2.05, 4.69) is 47.8 Å². The molecule has 0 amide bonds. The zero-order valence-electron chi connectivity index (χ0n) is 6.36. The van der Waals surface area contributed by atoms with E-state index in [0.29, 0.717) is 13.2 Å². The van der Waals surface area contributed by atoms with E-state index in [4.69, 9.17) is 9.47 Å². The molecular formula is C7H9Br3O2. The number of halogens is 3. The third-order valence-corrected chi connectivity index (χ3v) is 5.31. The Balaban J connectivity index is 2.29. The van der Waals surface area contributed by atoms with Crippen molar-refractivity contribution >= 4 is 47.8 Å². The first-order valence-electron chi connectivity index (χ1n) is 3.88. The molecule has 1 saturated heterocycles. The highest BCUT2D eigenvalue weighted by Gasteiger charge is 2.61. The Morgan fingerprint density at radius 2 is 1.75 bits per heavy atom. The molecule has 12 heavy (non-hydrogen) atoms. The van der Waals surface area contributed by atoms with Gasteiger partial charge in [-0.15, -0.1) is 0 Å². The standard InChI is InChI=1S/C7H9Br3O2/c8-5-1-2-6(9,10)7(5)11-3-4-12-7/h5H,1-4H2/t5-/m0/s1. The fourth-order valence-electron chi connectivity index (χ4n) is 1.72. The SMILES string of the molecule is Br[C@H]1CCC(Br)(Br)C12OCCO2. The molecule has 2 rings (SSSR count). The van der Waals surface area contributed by atoms with Crippen LogP contribution in [0.15, 0.2) is 0 Å². The molecule has 70 valence electrons. The molecule has 1 aliphatic carbocycles. The second-order valence-corrected chi connectivity index (χ2v) is 7.95. The molecule has 2 aliphatic rings. The minimum absolute atomic E-state index is 0.225. The zero-order chi connectivity index (χ0) is 8.82. The third-order valence-electron chi connectivity index (χ3n) is 2.35. The first-order valence-corrected chi connectivity index (χ1v) is 6.38. The van der Waals surface area contributed by atoms with Gasteiger partial charge in [-0.3, -0.25) is 0 Å². The summed E-state index contributed by atoms with van der Waals surface area (Å²) in [5.41, 5.74) is 0. The Labute approximate surface area is 96.7 Å². The summed E-state index contributed by atoms with van der Waals surface area (Å²) in [6.07, 6.45) is 2.05. The van der Waals surface area contributed by atoms with Crippen LogP contribution in [-0.2, 0) is 9.47 Å². The van der Waals surface area contributed by atoms with Gasteiger partial charge in [0.1, 0.15) is 3.23 Å². The fraction of sp³-hybridized carbons (Fsp3) is 1.00. The summed E-state index contributed by atoms with van der Waals surface area (Å²) in [6.45, 7) is 1.36. The second-order valence-electron chi connectivity index (χ2n) is 3.08. The summed E-state index contributed by atoms with van der Waals surface area (Å²) in [5, 5.41) is 0. The van der Waals surface area contributed by atoms with Crippen LogP contribution in [0.4, 0.5) is 0 Å². The Kier molecular flexibility index (Phi) is 2.63. The van der Waals surface area contributed by atoms with Crippen molar-refractivity contribution in [2.24, 2.45) is 0 Å². The molecule has 0 N–H and O–H groups in total. The normalized spacial score (nSPS) is 37.8. The largest absolute Gasteiger partial charge is 0.344 e. The third kappa shape index (κ3) is 1.24. The molecule has 0 unspecified atom stereocenters. The molecule has 0 radical (unpaired) electrons. The summed E-state index contributed by atoms with van der Waals surface area (Å²) >= 11 is 10.8. The topological polar surface area (TPSA) is 18.5 Å². The van der Waals surface area contributed by atoms with Crippen LogP contribution < -0.4 is 0 Å². The molecule has 0 aromatic carbocycles. The lowest BCUT2D eigenvalue weighted by molar-refractivity contribution is -0.144. The molecule has 1 saturated carbocycles. The van der Waals surface area contributed by atoms with Gasteiger partial charge in [0.25, 0.3) is 0 Å². The minimum atomic E-state index is -0.507. The van der Waals surface area contributed by atoms with Gasteiger partial charge in [0.05, 0.1) is 18.0 Å². The lowest BCUT2D eigenvalue weighted by atomic mass is 10.2. The van der Waals surface area contributed by atoms with Crippen molar-refractivity contribution in [1.29, 1.82) is 0 Å². The summed E-state index contributed by atoms with van der Waals surface area (Å²) in [7, 11) is 0. The maximum absolute atomic E-state index is 5.67. The lowest BCUT2D eigenvalue weighted by Gasteiger charge is -2.34. The molecule has 1 spiro atoms.